The minimum absolute atomic E-state index is 0.0638. The lowest BCUT2D eigenvalue weighted by Crippen LogP contribution is -2.32. The third-order valence-electron chi connectivity index (χ3n) is 4.68. The molecule has 0 aromatic heterocycles. The molecule has 4 nitrogen and oxygen atoms in total. The summed E-state index contributed by atoms with van der Waals surface area (Å²) in [5, 5.41) is 5.86. The molecule has 0 aliphatic heterocycles. The molecule has 1 aliphatic carbocycles. The van der Waals surface area contributed by atoms with Crippen molar-refractivity contribution in [2.45, 2.75) is 44.6 Å². The van der Waals surface area contributed by atoms with Gasteiger partial charge in [0.15, 0.2) is 0 Å². The summed E-state index contributed by atoms with van der Waals surface area (Å²) in [5.74, 6) is -0.459. The van der Waals surface area contributed by atoms with Crippen molar-refractivity contribution in [3.63, 3.8) is 0 Å². The molecule has 2 amide bonds. The molecule has 0 spiro atoms. The van der Waals surface area contributed by atoms with Crippen molar-refractivity contribution >= 4 is 17.5 Å². The number of halogens is 1. The highest BCUT2D eigenvalue weighted by Gasteiger charge is 2.17. The van der Waals surface area contributed by atoms with Crippen molar-refractivity contribution < 1.29 is 14.0 Å². The molecule has 2 aromatic carbocycles. The summed E-state index contributed by atoms with van der Waals surface area (Å²) in [5.41, 5.74) is 2.17. The number of hydrogen-bond donors (Lipinski definition) is 2. The van der Waals surface area contributed by atoms with Crippen LogP contribution in [0.1, 0.15) is 48.0 Å². The maximum atomic E-state index is 12.9. The number of hydrogen-bond acceptors (Lipinski definition) is 2. The lowest BCUT2D eigenvalue weighted by molar-refractivity contribution is -0.116. The summed E-state index contributed by atoms with van der Waals surface area (Å²) in [7, 11) is 0. The largest absolute Gasteiger partial charge is 0.349 e. The first-order chi connectivity index (χ1) is 12.6. The maximum Gasteiger partial charge on any atom is 0.251 e. The monoisotopic (exact) mass is 354 g/mol. The van der Waals surface area contributed by atoms with Gasteiger partial charge >= 0.3 is 0 Å². The molecule has 26 heavy (non-hydrogen) atoms. The number of benzene rings is 2. The predicted octanol–water partition coefficient (Wildman–Crippen LogP) is 4.07. The van der Waals surface area contributed by atoms with Crippen LogP contribution in [0.25, 0.3) is 0 Å². The third-order valence-corrected chi connectivity index (χ3v) is 4.68. The number of carbonyl (C=O) groups is 2. The van der Waals surface area contributed by atoms with Crippen molar-refractivity contribution in [3.05, 3.63) is 65.5 Å². The Hall–Kier alpha value is -2.69. The Morgan fingerprint density at radius 2 is 1.62 bits per heavy atom. The zero-order valence-corrected chi connectivity index (χ0v) is 14.6. The second-order valence-corrected chi connectivity index (χ2v) is 6.71. The van der Waals surface area contributed by atoms with E-state index < -0.39 is 0 Å². The van der Waals surface area contributed by atoms with E-state index in [4.69, 9.17) is 0 Å². The van der Waals surface area contributed by atoms with Crippen LogP contribution in [0.5, 0.6) is 0 Å². The van der Waals surface area contributed by atoms with Crippen LogP contribution in [0.2, 0.25) is 0 Å². The van der Waals surface area contributed by atoms with E-state index in [2.05, 4.69) is 10.6 Å². The van der Waals surface area contributed by atoms with Gasteiger partial charge in [-0.05, 0) is 61.2 Å². The van der Waals surface area contributed by atoms with E-state index in [9.17, 15) is 14.0 Å². The van der Waals surface area contributed by atoms with Crippen LogP contribution in [0.15, 0.2) is 48.5 Å². The summed E-state index contributed by atoms with van der Waals surface area (Å²) >= 11 is 0. The summed E-state index contributed by atoms with van der Waals surface area (Å²) in [6, 6.07) is 13.3. The molecule has 0 saturated heterocycles. The van der Waals surface area contributed by atoms with E-state index >= 15 is 0 Å². The van der Waals surface area contributed by atoms with Crippen molar-refractivity contribution in [2.24, 2.45) is 0 Å². The van der Waals surface area contributed by atoms with E-state index in [1.807, 2.05) is 0 Å². The molecular weight excluding hydrogens is 331 g/mol. The minimum Gasteiger partial charge on any atom is -0.349 e. The highest BCUT2D eigenvalue weighted by Crippen LogP contribution is 2.18. The first-order valence-electron chi connectivity index (χ1n) is 9.05. The quantitative estimate of drug-likeness (QED) is 0.821. The maximum absolute atomic E-state index is 12.9. The smallest absolute Gasteiger partial charge is 0.251 e. The summed E-state index contributed by atoms with van der Waals surface area (Å²) < 4.78 is 12.9. The van der Waals surface area contributed by atoms with Gasteiger partial charge in [-0.3, -0.25) is 9.59 Å². The van der Waals surface area contributed by atoms with Gasteiger partial charge in [-0.25, -0.2) is 4.39 Å². The van der Waals surface area contributed by atoms with Gasteiger partial charge in [0.25, 0.3) is 5.91 Å². The second kappa shape index (κ2) is 8.61. The fourth-order valence-corrected chi connectivity index (χ4v) is 3.18. The molecule has 1 aliphatic rings. The van der Waals surface area contributed by atoms with E-state index in [1.165, 1.54) is 25.0 Å². The molecule has 2 aromatic rings. The van der Waals surface area contributed by atoms with Crippen LogP contribution in [0, 0.1) is 5.82 Å². The molecule has 0 bridgehead atoms. The van der Waals surface area contributed by atoms with Crippen LogP contribution in [0.3, 0.4) is 0 Å². The van der Waals surface area contributed by atoms with Gasteiger partial charge in [0.1, 0.15) is 5.82 Å². The molecule has 3 rings (SSSR count). The van der Waals surface area contributed by atoms with E-state index in [0.29, 0.717) is 24.1 Å². The Morgan fingerprint density at radius 1 is 0.962 bits per heavy atom. The Balaban J connectivity index is 1.47. The molecule has 0 atom stereocenters. The average Bonchev–Trinajstić information content (AvgIpc) is 3.15. The normalized spacial score (nSPS) is 14.2. The average molecular weight is 354 g/mol. The zero-order chi connectivity index (χ0) is 18.4. The number of aryl methyl sites for hydroxylation is 1. The fourth-order valence-electron chi connectivity index (χ4n) is 3.18. The lowest BCUT2D eigenvalue weighted by atomic mass is 10.1. The molecule has 136 valence electrons. The number of rotatable bonds is 6. The van der Waals surface area contributed by atoms with Crippen LogP contribution in [0.4, 0.5) is 10.1 Å². The summed E-state index contributed by atoms with van der Waals surface area (Å²) in [6.45, 7) is 0. The van der Waals surface area contributed by atoms with Gasteiger partial charge in [0.2, 0.25) is 5.91 Å². The van der Waals surface area contributed by atoms with Crippen LogP contribution in [-0.4, -0.2) is 17.9 Å². The highest BCUT2D eigenvalue weighted by atomic mass is 19.1. The Morgan fingerprint density at radius 3 is 2.27 bits per heavy atom. The molecule has 1 fully saturated rings. The topological polar surface area (TPSA) is 58.2 Å². The molecule has 0 radical (unpaired) electrons. The van der Waals surface area contributed by atoms with Crippen molar-refractivity contribution in [1.29, 1.82) is 0 Å². The van der Waals surface area contributed by atoms with Crippen molar-refractivity contribution in [3.8, 4) is 0 Å². The van der Waals surface area contributed by atoms with Gasteiger partial charge in [-0.1, -0.05) is 25.0 Å². The highest BCUT2D eigenvalue weighted by molar-refractivity contribution is 5.96. The summed E-state index contributed by atoms with van der Waals surface area (Å²) in [4.78, 5) is 24.2. The molecule has 5 heteroatoms. The van der Waals surface area contributed by atoms with Crippen LogP contribution < -0.4 is 10.6 Å². The minimum atomic E-state index is -0.282. The SMILES string of the molecule is O=C(CCc1ccc(F)cc1)Nc1ccc(C(=O)NC2CCCC2)cc1. The zero-order valence-electron chi connectivity index (χ0n) is 14.6. The van der Waals surface area contributed by atoms with E-state index in [-0.39, 0.29) is 23.7 Å². The van der Waals surface area contributed by atoms with Gasteiger partial charge in [0, 0.05) is 23.7 Å². The Labute approximate surface area is 152 Å². The fraction of sp³-hybridized carbons (Fsp3) is 0.333. The van der Waals surface area contributed by atoms with Gasteiger partial charge in [0.05, 0.1) is 0 Å². The molecule has 2 N–H and O–H groups in total. The van der Waals surface area contributed by atoms with Gasteiger partial charge in [-0.15, -0.1) is 0 Å². The standard InChI is InChI=1S/C21H23FN2O2/c22-17-10-5-15(6-11-17)7-14-20(25)23-19-12-8-16(9-13-19)21(26)24-18-3-1-2-4-18/h5-6,8-13,18H,1-4,7,14H2,(H,23,25)(H,24,26). The number of amides is 2. The van der Waals surface area contributed by atoms with E-state index in [1.54, 1.807) is 36.4 Å². The van der Waals surface area contributed by atoms with Gasteiger partial charge in [-0.2, -0.15) is 0 Å². The summed E-state index contributed by atoms with van der Waals surface area (Å²) in [6.07, 6.45) is 5.31. The lowest BCUT2D eigenvalue weighted by Gasteiger charge is -2.12. The second-order valence-electron chi connectivity index (χ2n) is 6.71. The number of anilines is 1. The van der Waals surface area contributed by atoms with Crippen LogP contribution in [-0.2, 0) is 11.2 Å². The Kier molecular flexibility index (Phi) is 6.00. The first kappa shape index (κ1) is 18.1. The molecular formula is C21H23FN2O2. The third kappa shape index (κ3) is 5.15. The predicted molar refractivity (Wildman–Crippen MR) is 99.5 cm³/mol. The van der Waals surface area contributed by atoms with Crippen LogP contribution >= 0.6 is 0 Å². The number of nitrogens with one attached hydrogen (secondary N) is 2. The van der Waals surface area contributed by atoms with Gasteiger partial charge < -0.3 is 10.6 Å². The molecule has 0 unspecified atom stereocenters. The first-order valence-corrected chi connectivity index (χ1v) is 9.05. The number of carbonyl (C=O) groups excluding carboxylic acids is 2. The van der Waals surface area contributed by atoms with E-state index in [0.717, 1.165) is 18.4 Å². The molecule has 0 heterocycles. The molecule has 1 saturated carbocycles. The van der Waals surface area contributed by atoms with Crippen molar-refractivity contribution in [2.75, 3.05) is 5.32 Å². The Bertz CT molecular complexity index is 751. The van der Waals surface area contributed by atoms with Crippen molar-refractivity contribution in [1.82, 2.24) is 5.32 Å².